The van der Waals surface area contributed by atoms with Gasteiger partial charge >= 0.3 is 0 Å². The highest BCUT2D eigenvalue weighted by Gasteiger charge is 2.21. The molecule has 0 aliphatic rings. The van der Waals surface area contributed by atoms with Crippen molar-refractivity contribution in [1.29, 1.82) is 0 Å². The average molecular weight is 360 g/mol. The second kappa shape index (κ2) is 6.94. The van der Waals surface area contributed by atoms with Crippen LogP contribution >= 0.6 is 11.6 Å². The summed E-state index contributed by atoms with van der Waals surface area (Å²) in [6.45, 7) is 1.69. The Labute approximate surface area is 149 Å². The van der Waals surface area contributed by atoms with Gasteiger partial charge in [-0.05, 0) is 43.3 Å². The number of anilines is 1. The normalized spacial score (nSPS) is 10.6. The number of hydrogen-bond acceptors (Lipinski definition) is 3. The van der Waals surface area contributed by atoms with Crippen molar-refractivity contribution in [2.75, 3.05) is 12.4 Å². The number of carbonyl (C=O) groups is 1. The molecule has 1 amide bonds. The molecule has 0 spiro atoms. The zero-order chi connectivity index (χ0) is 18.0. The molecule has 0 radical (unpaired) electrons. The molecule has 3 aromatic rings. The van der Waals surface area contributed by atoms with Crippen LogP contribution in [-0.2, 0) is 0 Å². The van der Waals surface area contributed by atoms with Crippen molar-refractivity contribution in [1.82, 2.24) is 9.78 Å². The number of hydrogen-bond donors (Lipinski definition) is 1. The van der Waals surface area contributed by atoms with E-state index < -0.39 is 0 Å². The lowest BCUT2D eigenvalue weighted by atomic mass is 10.2. The molecule has 0 saturated heterocycles. The number of methoxy groups -OCH3 is 1. The van der Waals surface area contributed by atoms with Gasteiger partial charge in [0.1, 0.15) is 22.3 Å². The van der Waals surface area contributed by atoms with Crippen molar-refractivity contribution >= 4 is 23.2 Å². The molecule has 0 aliphatic heterocycles. The Morgan fingerprint density at radius 3 is 2.64 bits per heavy atom. The van der Waals surface area contributed by atoms with Gasteiger partial charge in [-0.25, -0.2) is 9.07 Å². The zero-order valence-electron chi connectivity index (χ0n) is 13.6. The molecule has 0 aliphatic carbocycles. The SMILES string of the molecule is COc1cccc(NC(=O)c2c(C)nn(-c3ccc(F)cc3)c2Cl)c1. The van der Waals surface area contributed by atoms with Crippen molar-refractivity contribution in [3.8, 4) is 11.4 Å². The number of benzene rings is 2. The lowest BCUT2D eigenvalue weighted by Crippen LogP contribution is -2.13. The Hall–Kier alpha value is -2.86. The monoisotopic (exact) mass is 359 g/mol. The molecule has 2 aromatic carbocycles. The van der Waals surface area contributed by atoms with E-state index in [9.17, 15) is 9.18 Å². The van der Waals surface area contributed by atoms with Gasteiger partial charge in [0.25, 0.3) is 5.91 Å². The molecule has 0 fully saturated rings. The van der Waals surface area contributed by atoms with Crippen LogP contribution in [-0.4, -0.2) is 22.8 Å². The smallest absolute Gasteiger partial charge is 0.260 e. The highest BCUT2D eigenvalue weighted by atomic mass is 35.5. The highest BCUT2D eigenvalue weighted by Crippen LogP contribution is 2.25. The summed E-state index contributed by atoms with van der Waals surface area (Å²) in [7, 11) is 1.55. The van der Waals surface area contributed by atoms with Gasteiger partial charge in [0.05, 0.1) is 18.5 Å². The molecule has 1 heterocycles. The molecule has 7 heteroatoms. The summed E-state index contributed by atoms with van der Waals surface area (Å²) in [6.07, 6.45) is 0. The number of nitrogens with zero attached hydrogens (tertiary/aromatic N) is 2. The number of halogens is 2. The van der Waals surface area contributed by atoms with E-state index in [-0.39, 0.29) is 22.4 Å². The average Bonchev–Trinajstić information content (AvgIpc) is 2.90. The van der Waals surface area contributed by atoms with Crippen molar-refractivity contribution in [3.63, 3.8) is 0 Å². The maximum Gasteiger partial charge on any atom is 0.260 e. The van der Waals surface area contributed by atoms with Gasteiger partial charge in [0, 0.05) is 11.8 Å². The van der Waals surface area contributed by atoms with Crippen LogP contribution in [0.25, 0.3) is 5.69 Å². The Kier molecular flexibility index (Phi) is 4.72. The summed E-state index contributed by atoms with van der Waals surface area (Å²) in [5, 5.41) is 7.21. The first kappa shape index (κ1) is 17.0. The van der Waals surface area contributed by atoms with Gasteiger partial charge in [-0.15, -0.1) is 0 Å². The molecule has 3 rings (SSSR count). The van der Waals surface area contributed by atoms with Gasteiger partial charge in [-0.3, -0.25) is 4.79 Å². The number of aromatic nitrogens is 2. The number of aryl methyl sites for hydroxylation is 1. The van der Waals surface area contributed by atoms with Gasteiger partial charge in [-0.1, -0.05) is 17.7 Å². The fourth-order valence-corrected chi connectivity index (χ4v) is 2.76. The van der Waals surface area contributed by atoms with Crippen LogP contribution in [0.5, 0.6) is 5.75 Å². The van der Waals surface area contributed by atoms with Crippen molar-refractivity contribution in [2.45, 2.75) is 6.92 Å². The predicted molar refractivity (Wildman–Crippen MR) is 94.2 cm³/mol. The maximum atomic E-state index is 13.1. The van der Waals surface area contributed by atoms with Crippen LogP contribution in [0.3, 0.4) is 0 Å². The van der Waals surface area contributed by atoms with E-state index in [4.69, 9.17) is 16.3 Å². The van der Waals surface area contributed by atoms with Gasteiger partial charge in [-0.2, -0.15) is 5.10 Å². The van der Waals surface area contributed by atoms with Crippen LogP contribution < -0.4 is 10.1 Å². The number of amides is 1. The van der Waals surface area contributed by atoms with Crippen molar-refractivity contribution in [2.24, 2.45) is 0 Å². The maximum absolute atomic E-state index is 13.1. The molecule has 128 valence electrons. The molecule has 0 atom stereocenters. The highest BCUT2D eigenvalue weighted by molar-refractivity contribution is 6.34. The summed E-state index contributed by atoms with van der Waals surface area (Å²) in [5.74, 6) is -0.119. The molecule has 1 N–H and O–H groups in total. The summed E-state index contributed by atoms with van der Waals surface area (Å²) in [4.78, 5) is 12.6. The van der Waals surface area contributed by atoms with Crippen molar-refractivity contribution < 1.29 is 13.9 Å². The Morgan fingerprint density at radius 2 is 1.96 bits per heavy atom. The van der Waals surface area contributed by atoms with Gasteiger partial charge < -0.3 is 10.1 Å². The molecule has 1 aromatic heterocycles. The molecule has 5 nitrogen and oxygen atoms in total. The van der Waals surface area contributed by atoms with E-state index >= 15 is 0 Å². The second-order valence-electron chi connectivity index (χ2n) is 5.33. The van der Waals surface area contributed by atoms with Crippen molar-refractivity contribution in [3.05, 3.63) is 70.8 Å². The van der Waals surface area contributed by atoms with Crippen LogP contribution in [0.2, 0.25) is 5.15 Å². The number of nitrogens with one attached hydrogen (secondary N) is 1. The first-order valence-corrected chi connectivity index (χ1v) is 7.84. The minimum atomic E-state index is -0.385. The zero-order valence-corrected chi connectivity index (χ0v) is 14.3. The third kappa shape index (κ3) is 3.49. The standard InChI is InChI=1S/C18H15ClFN3O2/c1-11-16(18(24)21-13-4-3-5-15(10-13)25-2)17(19)23(22-11)14-8-6-12(20)7-9-14/h3-10H,1-2H3,(H,21,24). The fraction of sp³-hybridized carbons (Fsp3) is 0.111. The number of carbonyl (C=O) groups excluding carboxylic acids is 1. The Morgan fingerprint density at radius 1 is 1.24 bits per heavy atom. The van der Waals surface area contributed by atoms with Crippen LogP contribution in [0.4, 0.5) is 10.1 Å². The second-order valence-corrected chi connectivity index (χ2v) is 5.68. The Bertz CT molecular complexity index is 923. The van der Waals surface area contributed by atoms with Gasteiger partial charge in [0.15, 0.2) is 0 Å². The third-order valence-corrected chi connectivity index (χ3v) is 3.98. The molecule has 25 heavy (non-hydrogen) atoms. The topological polar surface area (TPSA) is 56.1 Å². The molecular weight excluding hydrogens is 345 g/mol. The molecule has 0 unspecified atom stereocenters. The number of ether oxygens (including phenoxy) is 1. The van der Waals surface area contributed by atoms with Gasteiger partial charge in [0.2, 0.25) is 0 Å². The lowest BCUT2D eigenvalue weighted by Gasteiger charge is -2.07. The van der Waals surface area contributed by atoms with E-state index in [0.29, 0.717) is 22.8 Å². The van der Waals surface area contributed by atoms with E-state index in [1.165, 1.54) is 28.9 Å². The number of rotatable bonds is 4. The largest absolute Gasteiger partial charge is 0.497 e. The van der Waals surface area contributed by atoms with E-state index in [1.807, 2.05) is 0 Å². The minimum absolute atomic E-state index is 0.157. The Balaban J connectivity index is 1.91. The van der Waals surface area contributed by atoms with Crippen LogP contribution in [0.1, 0.15) is 16.1 Å². The van der Waals surface area contributed by atoms with Crippen LogP contribution in [0, 0.1) is 12.7 Å². The van der Waals surface area contributed by atoms with E-state index in [1.54, 1.807) is 38.3 Å². The van der Waals surface area contributed by atoms with E-state index in [2.05, 4.69) is 10.4 Å². The van der Waals surface area contributed by atoms with Crippen LogP contribution in [0.15, 0.2) is 48.5 Å². The first-order chi connectivity index (χ1) is 12.0. The lowest BCUT2D eigenvalue weighted by molar-refractivity contribution is 0.102. The van der Waals surface area contributed by atoms with E-state index in [0.717, 1.165) is 0 Å². The quantitative estimate of drug-likeness (QED) is 0.758. The molecule has 0 bridgehead atoms. The third-order valence-electron chi connectivity index (χ3n) is 3.63. The predicted octanol–water partition coefficient (Wildman–Crippen LogP) is 4.23. The fourth-order valence-electron chi connectivity index (χ4n) is 2.40. The summed E-state index contributed by atoms with van der Waals surface area (Å²) in [6, 6.07) is 12.7. The minimum Gasteiger partial charge on any atom is -0.497 e. The molecule has 0 saturated carbocycles. The summed E-state index contributed by atoms with van der Waals surface area (Å²) in [5.41, 5.74) is 1.87. The summed E-state index contributed by atoms with van der Waals surface area (Å²) < 4.78 is 19.6. The first-order valence-electron chi connectivity index (χ1n) is 7.46. The molecular formula is C18H15ClFN3O2. The summed E-state index contributed by atoms with van der Waals surface area (Å²) >= 11 is 6.34.